The minimum atomic E-state index is -3.73. The fourth-order valence-corrected chi connectivity index (χ4v) is 4.65. The van der Waals surface area contributed by atoms with E-state index in [0.29, 0.717) is 5.02 Å². The number of hydrogen-bond donors (Lipinski definition) is 1. The third kappa shape index (κ3) is 5.51. The molecule has 0 unspecified atom stereocenters. The molecule has 0 atom stereocenters. The first-order chi connectivity index (χ1) is 15.1. The van der Waals surface area contributed by atoms with Crippen LogP contribution >= 0.6 is 23.2 Å². The van der Waals surface area contributed by atoms with Crippen LogP contribution in [0.25, 0.3) is 5.69 Å². The number of anilines is 1. The zero-order valence-corrected chi connectivity index (χ0v) is 20.0. The molecule has 0 bridgehead atoms. The van der Waals surface area contributed by atoms with Gasteiger partial charge in [-0.3, -0.25) is 9.10 Å². The fraction of sp³-hybridized carbons (Fsp3) is 0.182. The zero-order valence-electron chi connectivity index (χ0n) is 17.7. The summed E-state index contributed by atoms with van der Waals surface area (Å²) in [6.07, 6.45) is 2.53. The Morgan fingerprint density at radius 1 is 1.12 bits per heavy atom. The number of sulfonamides is 1. The van der Waals surface area contributed by atoms with Gasteiger partial charge >= 0.3 is 0 Å². The number of amides is 1. The minimum absolute atomic E-state index is 0.223. The quantitative estimate of drug-likeness (QED) is 0.393. The number of aryl methyl sites for hydroxylation is 1. The van der Waals surface area contributed by atoms with E-state index in [4.69, 9.17) is 23.2 Å². The molecule has 0 fully saturated rings. The molecule has 7 nitrogen and oxygen atoms in total. The number of hydrogen-bond acceptors (Lipinski definition) is 4. The van der Waals surface area contributed by atoms with Gasteiger partial charge in [0.15, 0.2) is 0 Å². The maximum atomic E-state index is 12.4. The molecule has 2 aromatic carbocycles. The molecule has 0 aliphatic heterocycles. The molecule has 1 aromatic heterocycles. The van der Waals surface area contributed by atoms with Crippen molar-refractivity contribution < 1.29 is 13.2 Å². The van der Waals surface area contributed by atoms with Crippen LogP contribution in [-0.4, -0.2) is 37.9 Å². The SMILES string of the molecule is Cc1cc(/C=N\NC(=O)CN(c2ccccc2Cl)S(C)(=O)=O)c(C)n1-c1cccc(Cl)c1. The number of benzene rings is 2. The van der Waals surface area contributed by atoms with Crippen molar-refractivity contribution in [3.63, 3.8) is 0 Å². The van der Waals surface area contributed by atoms with E-state index in [1.165, 1.54) is 12.3 Å². The molecular weight excluding hydrogens is 471 g/mol. The second-order valence-corrected chi connectivity index (χ2v) is 9.91. The van der Waals surface area contributed by atoms with Gasteiger partial charge in [-0.05, 0) is 50.2 Å². The number of hydrazone groups is 1. The van der Waals surface area contributed by atoms with Gasteiger partial charge in [0.25, 0.3) is 5.91 Å². The van der Waals surface area contributed by atoms with Crippen molar-refractivity contribution in [3.05, 3.63) is 81.6 Å². The van der Waals surface area contributed by atoms with Crippen LogP contribution in [-0.2, 0) is 14.8 Å². The van der Waals surface area contributed by atoms with Crippen LogP contribution in [0, 0.1) is 13.8 Å². The van der Waals surface area contributed by atoms with E-state index in [-0.39, 0.29) is 10.7 Å². The summed E-state index contributed by atoms with van der Waals surface area (Å²) in [6, 6.07) is 15.8. The van der Waals surface area contributed by atoms with E-state index >= 15 is 0 Å². The van der Waals surface area contributed by atoms with E-state index in [1.807, 2.05) is 42.7 Å². The Hall–Kier alpha value is -2.81. The smallest absolute Gasteiger partial charge is 0.260 e. The van der Waals surface area contributed by atoms with Crippen LogP contribution in [0.5, 0.6) is 0 Å². The van der Waals surface area contributed by atoms with Crippen molar-refractivity contribution in [3.8, 4) is 5.69 Å². The topological polar surface area (TPSA) is 83.8 Å². The van der Waals surface area contributed by atoms with E-state index in [2.05, 4.69) is 10.5 Å². The first kappa shape index (κ1) is 23.8. The molecule has 32 heavy (non-hydrogen) atoms. The number of rotatable bonds is 7. The first-order valence-electron chi connectivity index (χ1n) is 9.57. The van der Waals surface area contributed by atoms with Crippen LogP contribution in [0.15, 0.2) is 59.7 Å². The van der Waals surface area contributed by atoms with Gasteiger partial charge in [0.05, 0.1) is 23.2 Å². The summed E-state index contributed by atoms with van der Waals surface area (Å²) in [4.78, 5) is 12.4. The molecule has 0 aliphatic rings. The van der Waals surface area contributed by atoms with E-state index in [1.54, 1.807) is 24.3 Å². The fourth-order valence-electron chi connectivity index (χ4n) is 3.31. The Bertz CT molecular complexity index is 1290. The number of aromatic nitrogens is 1. The maximum Gasteiger partial charge on any atom is 0.260 e. The van der Waals surface area contributed by atoms with Crippen LogP contribution in [0.1, 0.15) is 17.0 Å². The molecule has 1 N–H and O–H groups in total. The summed E-state index contributed by atoms with van der Waals surface area (Å²) in [5.74, 6) is -0.602. The maximum absolute atomic E-state index is 12.4. The summed E-state index contributed by atoms with van der Waals surface area (Å²) in [6.45, 7) is 3.43. The molecular formula is C22H22Cl2N4O3S. The molecule has 10 heteroatoms. The molecule has 0 aliphatic carbocycles. The lowest BCUT2D eigenvalue weighted by Crippen LogP contribution is -2.39. The molecule has 1 amide bonds. The number of nitrogens with one attached hydrogen (secondary N) is 1. The third-order valence-electron chi connectivity index (χ3n) is 4.74. The van der Waals surface area contributed by atoms with Crippen molar-refractivity contribution in [1.29, 1.82) is 0 Å². The van der Waals surface area contributed by atoms with Gasteiger partial charge in [-0.25, -0.2) is 13.8 Å². The second-order valence-electron chi connectivity index (χ2n) is 7.16. The molecule has 0 radical (unpaired) electrons. The summed E-state index contributed by atoms with van der Waals surface area (Å²) in [5.41, 5.74) is 6.20. The zero-order chi connectivity index (χ0) is 23.5. The van der Waals surface area contributed by atoms with Crippen molar-refractivity contribution in [2.45, 2.75) is 13.8 Å². The first-order valence-corrected chi connectivity index (χ1v) is 12.2. The summed E-state index contributed by atoms with van der Waals surface area (Å²) < 4.78 is 27.4. The second kappa shape index (κ2) is 9.77. The van der Waals surface area contributed by atoms with Gasteiger partial charge in [0.2, 0.25) is 10.0 Å². The van der Waals surface area contributed by atoms with Crippen molar-refractivity contribution >= 4 is 51.0 Å². The lowest BCUT2D eigenvalue weighted by Gasteiger charge is -2.22. The number of halogens is 2. The molecule has 0 saturated heterocycles. The van der Waals surface area contributed by atoms with E-state index < -0.39 is 22.5 Å². The molecule has 0 saturated carbocycles. The van der Waals surface area contributed by atoms with Gasteiger partial charge < -0.3 is 4.57 Å². The van der Waals surface area contributed by atoms with Crippen LogP contribution in [0.2, 0.25) is 10.0 Å². The Balaban J connectivity index is 1.75. The van der Waals surface area contributed by atoms with Gasteiger partial charge in [0, 0.05) is 27.7 Å². The summed E-state index contributed by atoms with van der Waals surface area (Å²) >= 11 is 12.2. The van der Waals surface area contributed by atoms with Gasteiger partial charge in [-0.2, -0.15) is 5.10 Å². The Morgan fingerprint density at radius 3 is 2.50 bits per heavy atom. The van der Waals surface area contributed by atoms with E-state index in [0.717, 1.165) is 33.2 Å². The summed E-state index contributed by atoms with van der Waals surface area (Å²) in [5, 5.41) is 4.86. The Morgan fingerprint density at radius 2 is 1.84 bits per heavy atom. The molecule has 168 valence electrons. The minimum Gasteiger partial charge on any atom is -0.318 e. The van der Waals surface area contributed by atoms with Crippen LogP contribution in [0.4, 0.5) is 5.69 Å². The number of carbonyl (C=O) groups is 1. The number of carbonyl (C=O) groups excluding carboxylic acids is 1. The predicted octanol–water partition coefficient (Wildman–Crippen LogP) is 4.32. The third-order valence-corrected chi connectivity index (χ3v) is 6.42. The molecule has 3 rings (SSSR count). The normalized spacial score (nSPS) is 11.7. The standard InChI is InChI=1S/C22H22Cl2N4O3S/c1-15-11-17(16(2)28(15)19-8-6-7-18(23)12-19)13-25-26-22(29)14-27(32(3,30)31)21-10-5-4-9-20(21)24/h4-13H,14H2,1-3H3,(H,26,29)/b25-13-. The Labute approximate surface area is 197 Å². The monoisotopic (exact) mass is 492 g/mol. The van der Waals surface area contributed by atoms with Crippen LogP contribution < -0.4 is 9.73 Å². The molecule has 1 heterocycles. The number of para-hydroxylation sites is 1. The van der Waals surface area contributed by atoms with Gasteiger partial charge in [-0.15, -0.1) is 0 Å². The largest absolute Gasteiger partial charge is 0.318 e. The van der Waals surface area contributed by atoms with Crippen molar-refractivity contribution in [1.82, 2.24) is 9.99 Å². The van der Waals surface area contributed by atoms with Crippen LogP contribution in [0.3, 0.4) is 0 Å². The highest BCUT2D eigenvalue weighted by atomic mass is 35.5. The highest BCUT2D eigenvalue weighted by Crippen LogP contribution is 2.27. The summed E-state index contributed by atoms with van der Waals surface area (Å²) in [7, 11) is -3.73. The van der Waals surface area contributed by atoms with Crippen molar-refractivity contribution in [2.24, 2.45) is 5.10 Å². The average Bonchev–Trinajstić information content (AvgIpc) is 2.99. The van der Waals surface area contributed by atoms with Crippen molar-refractivity contribution in [2.75, 3.05) is 17.1 Å². The van der Waals surface area contributed by atoms with E-state index in [9.17, 15) is 13.2 Å². The predicted molar refractivity (Wildman–Crippen MR) is 130 cm³/mol. The Kier molecular flexibility index (Phi) is 7.28. The molecule has 0 spiro atoms. The van der Waals surface area contributed by atoms with Gasteiger partial charge in [0.1, 0.15) is 6.54 Å². The average molecular weight is 493 g/mol. The lowest BCUT2D eigenvalue weighted by atomic mass is 10.2. The number of nitrogens with zero attached hydrogens (tertiary/aromatic N) is 3. The molecule has 3 aromatic rings. The van der Waals surface area contributed by atoms with Gasteiger partial charge in [-0.1, -0.05) is 41.4 Å². The highest BCUT2D eigenvalue weighted by Gasteiger charge is 2.22. The lowest BCUT2D eigenvalue weighted by molar-refractivity contribution is -0.119. The highest BCUT2D eigenvalue weighted by molar-refractivity contribution is 7.92.